The number of sulfonamides is 1. The molecule has 21 heavy (non-hydrogen) atoms. The maximum atomic E-state index is 12.7. The highest BCUT2D eigenvalue weighted by Gasteiger charge is 2.35. The van der Waals surface area contributed by atoms with E-state index in [1.807, 2.05) is 0 Å². The molecule has 3 N–H and O–H groups in total. The van der Waals surface area contributed by atoms with Crippen LogP contribution in [0.3, 0.4) is 0 Å². The first-order valence-electron chi connectivity index (χ1n) is 6.54. The van der Waals surface area contributed by atoms with Crippen molar-refractivity contribution in [3.05, 3.63) is 28.3 Å². The van der Waals surface area contributed by atoms with Crippen LogP contribution >= 0.6 is 0 Å². The van der Waals surface area contributed by atoms with Crippen molar-refractivity contribution >= 4 is 21.4 Å². The third-order valence-corrected chi connectivity index (χ3v) is 5.59. The van der Waals surface area contributed by atoms with E-state index in [4.69, 9.17) is 5.73 Å². The van der Waals surface area contributed by atoms with Crippen LogP contribution in [0.5, 0.6) is 0 Å². The number of rotatable bonds is 4. The molecular weight excluding hydrogens is 298 g/mol. The summed E-state index contributed by atoms with van der Waals surface area (Å²) in [5, 5.41) is 20.1. The largest absolute Gasteiger partial charge is 0.398 e. The lowest BCUT2D eigenvalue weighted by molar-refractivity contribution is -0.385. The van der Waals surface area contributed by atoms with Crippen molar-refractivity contribution in [3.63, 3.8) is 0 Å². The second-order valence-electron chi connectivity index (χ2n) is 4.93. The van der Waals surface area contributed by atoms with E-state index in [0.29, 0.717) is 12.8 Å². The number of benzene rings is 1. The molecule has 8 nitrogen and oxygen atoms in total. The fourth-order valence-electron chi connectivity index (χ4n) is 2.46. The van der Waals surface area contributed by atoms with Gasteiger partial charge in [-0.2, -0.15) is 4.31 Å². The van der Waals surface area contributed by atoms with E-state index in [2.05, 4.69) is 0 Å². The summed E-state index contributed by atoms with van der Waals surface area (Å²) in [6, 6.07) is 2.83. The Balaban J connectivity index is 2.47. The van der Waals surface area contributed by atoms with Gasteiger partial charge in [-0.1, -0.05) is 6.42 Å². The van der Waals surface area contributed by atoms with E-state index >= 15 is 0 Å². The summed E-state index contributed by atoms with van der Waals surface area (Å²) in [6.07, 6.45) is 2.08. The summed E-state index contributed by atoms with van der Waals surface area (Å²) in [7, 11) is -3.97. The van der Waals surface area contributed by atoms with Gasteiger partial charge in [-0.25, -0.2) is 8.42 Å². The average Bonchev–Trinajstić information content (AvgIpc) is 2.47. The Morgan fingerprint density at radius 1 is 1.43 bits per heavy atom. The smallest absolute Gasteiger partial charge is 0.270 e. The zero-order valence-electron chi connectivity index (χ0n) is 11.3. The summed E-state index contributed by atoms with van der Waals surface area (Å²) in [6.45, 7) is -0.0102. The molecule has 1 unspecified atom stereocenters. The Hall–Kier alpha value is -1.71. The third-order valence-electron chi connectivity index (χ3n) is 3.58. The highest BCUT2D eigenvalue weighted by molar-refractivity contribution is 7.89. The quantitative estimate of drug-likeness (QED) is 0.478. The zero-order valence-corrected chi connectivity index (χ0v) is 12.1. The summed E-state index contributed by atoms with van der Waals surface area (Å²) in [4.78, 5) is 9.86. The van der Waals surface area contributed by atoms with Gasteiger partial charge in [0.2, 0.25) is 10.0 Å². The van der Waals surface area contributed by atoms with Crippen LogP contribution in [-0.4, -0.2) is 41.9 Å². The lowest BCUT2D eigenvalue weighted by Gasteiger charge is -2.33. The van der Waals surface area contributed by atoms with Crippen molar-refractivity contribution in [2.75, 3.05) is 18.9 Å². The summed E-state index contributed by atoms with van der Waals surface area (Å²) in [5.41, 5.74) is 5.31. The molecule has 1 fully saturated rings. The molecule has 0 bridgehead atoms. The predicted octanol–water partition coefficient (Wildman–Crippen LogP) is 0.712. The van der Waals surface area contributed by atoms with Gasteiger partial charge >= 0.3 is 0 Å². The molecule has 1 aromatic rings. The van der Waals surface area contributed by atoms with Gasteiger partial charge in [0.1, 0.15) is 4.90 Å². The molecule has 1 saturated heterocycles. The van der Waals surface area contributed by atoms with E-state index < -0.39 is 21.0 Å². The molecule has 1 atom stereocenters. The minimum Gasteiger partial charge on any atom is -0.398 e. The minimum absolute atomic E-state index is 0.0390. The van der Waals surface area contributed by atoms with Gasteiger partial charge < -0.3 is 10.8 Å². The van der Waals surface area contributed by atoms with Crippen LogP contribution in [0, 0.1) is 10.1 Å². The SMILES string of the molecule is Nc1ccc([N+](=O)[O-])cc1S(=O)(=O)N1CCCCC1CO. The normalized spacial score (nSPS) is 20.3. The Bertz CT molecular complexity index is 646. The molecular formula is C12H17N3O5S. The van der Waals surface area contributed by atoms with Crippen LogP contribution in [0.4, 0.5) is 11.4 Å². The lowest BCUT2D eigenvalue weighted by atomic mass is 10.1. The van der Waals surface area contributed by atoms with Crippen LogP contribution < -0.4 is 5.73 Å². The van der Waals surface area contributed by atoms with Gasteiger partial charge in [0, 0.05) is 24.7 Å². The number of aliphatic hydroxyl groups excluding tert-OH is 1. The minimum atomic E-state index is -3.97. The summed E-state index contributed by atoms with van der Waals surface area (Å²) < 4.78 is 26.5. The molecule has 116 valence electrons. The number of piperidine rings is 1. The first-order chi connectivity index (χ1) is 9.87. The van der Waals surface area contributed by atoms with Crippen LogP contribution in [0.15, 0.2) is 23.1 Å². The van der Waals surface area contributed by atoms with Crippen molar-refractivity contribution < 1.29 is 18.4 Å². The van der Waals surface area contributed by atoms with Crippen LogP contribution in [-0.2, 0) is 10.0 Å². The van der Waals surface area contributed by atoms with Gasteiger partial charge in [-0.15, -0.1) is 0 Å². The molecule has 9 heteroatoms. The Morgan fingerprint density at radius 3 is 2.76 bits per heavy atom. The van der Waals surface area contributed by atoms with Gasteiger partial charge in [0.05, 0.1) is 17.2 Å². The number of nitro benzene ring substituents is 1. The van der Waals surface area contributed by atoms with Crippen LogP contribution in [0.1, 0.15) is 19.3 Å². The Kier molecular flexibility index (Phi) is 4.45. The number of aliphatic hydroxyl groups is 1. The van der Waals surface area contributed by atoms with E-state index in [9.17, 15) is 23.6 Å². The number of nitrogen functional groups attached to an aromatic ring is 1. The first kappa shape index (κ1) is 15.7. The Morgan fingerprint density at radius 2 is 2.14 bits per heavy atom. The van der Waals surface area contributed by atoms with E-state index in [1.54, 1.807) is 0 Å². The van der Waals surface area contributed by atoms with E-state index in [0.717, 1.165) is 18.6 Å². The standard InChI is InChI=1S/C12H17N3O5S/c13-11-5-4-9(15(17)18)7-12(11)21(19,20)14-6-2-1-3-10(14)8-16/h4-5,7,10,16H,1-3,6,8,13H2. The van der Waals surface area contributed by atoms with E-state index in [-0.39, 0.29) is 29.4 Å². The predicted molar refractivity (Wildman–Crippen MR) is 76.1 cm³/mol. The van der Waals surface area contributed by atoms with Crippen molar-refractivity contribution in [3.8, 4) is 0 Å². The molecule has 1 aliphatic heterocycles. The molecule has 2 rings (SSSR count). The van der Waals surface area contributed by atoms with Crippen LogP contribution in [0.25, 0.3) is 0 Å². The second kappa shape index (κ2) is 5.96. The average molecular weight is 315 g/mol. The van der Waals surface area contributed by atoms with Gasteiger partial charge in [-0.3, -0.25) is 10.1 Å². The highest BCUT2D eigenvalue weighted by atomic mass is 32.2. The molecule has 0 aromatic heterocycles. The molecule has 1 heterocycles. The topological polar surface area (TPSA) is 127 Å². The third kappa shape index (κ3) is 2.99. The maximum Gasteiger partial charge on any atom is 0.270 e. The molecule has 0 radical (unpaired) electrons. The van der Waals surface area contributed by atoms with Gasteiger partial charge in [0.15, 0.2) is 0 Å². The highest BCUT2D eigenvalue weighted by Crippen LogP contribution is 2.30. The van der Waals surface area contributed by atoms with Crippen molar-refractivity contribution in [2.45, 2.75) is 30.2 Å². The van der Waals surface area contributed by atoms with Gasteiger partial charge in [0.25, 0.3) is 5.69 Å². The van der Waals surface area contributed by atoms with Crippen molar-refractivity contribution in [1.29, 1.82) is 0 Å². The lowest BCUT2D eigenvalue weighted by Crippen LogP contribution is -2.45. The number of nitrogens with zero attached hydrogens (tertiary/aromatic N) is 2. The molecule has 0 saturated carbocycles. The second-order valence-corrected chi connectivity index (χ2v) is 6.79. The van der Waals surface area contributed by atoms with Crippen LogP contribution in [0.2, 0.25) is 0 Å². The Labute approximate surface area is 122 Å². The zero-order chi connectivity index (χ0) is 15.6. The number of nitro groups is 1. The van der Waals surface area contributed by atoms with Crippen molar-refractivity contribution in [1.82, 2.24) is 4.31 Å². The number of non-ortho nitro benzene ring substituents is 1. The summed E-state index contributed by atoms with van der Waals surface area (Å²) >= 11 is 0. The number of hydrogen-bond acceptors (Lipinski definition) is 6. The monoisotopic (exact) mass is 315 g/mol. The van der Waals surface area contributed by atoms with E-state index in [1.165, 1.54) is 10.4 Å². The molecule has 0 aliphatic carbocycles. The van der Waals surface area contributed by atoms with Crippen molar-refractivity contribution in [2.24, 2.45) is 0 Å². The maximum absolute atomic E-state index is 12.7. The first-order valence-corrected chi connectivity index (χ1v) is 7.98. The fourth-order valence-corrected chi connectivity index (χ4v) is 4.28. The molecule has 0 amide bonds. The molecule has 1 aromatic carbocycles. The molecule has 0 spiro atoms. The number of hydrogen-bond donors (Lipinski definition) is 2. The number of anilines is 1. The number of nitrogens with two attached hydrogens (primary N) is 1. The summed E-state index contributed by atoms with van der Waals surface area (Å²) in [5.74, 6) is 0. The molecule has 1 aliphatic rings. The van der Waals surface area contributed by atoms with Gasteiger partial charge in [-0.05, 0) is 18.9 Å². The fraction of sp³-hybridized carbons (Fsp3) is 0.500.